The molecular weight excluding hydrogens is 218 g/mol. The van der Waals surface area contributed by atoms with Gasteiger partial charge in [0.2, 0.25) is 0 Å². The van der Waals surface area contributed by atoms with Gasteiger partial charge in [-0.15, -0.1) is 0 Å². The monoisotopic (exact) mass is 233 g/mol. The summed E-state index contributed by atoms with van der Waals surface area (Å²) in [5.74, 6) is 0.0448. The van der Waals surface area contributed by atoms with Gasteiger partial charge in [0.1, 0.15) is 0 Å². The maximum atomic E-state index is 11.6. The average Bonchev–Trinajstić information content (AvgIpc) is 2.69. The van der Waals surface area contributed by atoms with Crippen LogP contribution in [0.5, 0.6) is 0 Å². The number of carbonyl (C=O) groups excluding carboxylic acids is 1. The summed E-state index contributed by atoms with van der Waals surface area (Å²) in [6, 6.07) is 9.36. The molecule has 90 valence electrons. The first kappa shape index (κ1) is 11.6. The normalized spacial score (nSPS) is 19.6. The Morgan fingerprint density at radius 1 is 1.35 bits per heavy atom. The SMILES string of the molecule is O=C1CCN(C(=O)O)[C@H]1CCc1ccccc1. The lowest BCUT2D eigenvalue weighted by molar-refractivity contribution is -0.119. The molecule has 0 aliphatic carbocycles. The van der Waals surface area contributed by atoms with Crippen LogP contribution in [-0.2, 0) is 11.2 Å². The van der Waals surface area contributed by atoms with E-state index in [4.69, 9.17) is 5.11 Å². The molecule has 1 aromatic rings. The van der Waals surface area contributed by atoms with Crippen molar-refractivity contribution in [2.75, 3.05) is 6.54 Å². The molecule has 1 N–H and O–H groups in total. The minimum Gasteiger partial charge on any atom is -0.465 e. The molecule has 0 saturated carbocycles. The predicted molar refractivity (Wildman–Crippen MR) is 62.9 cm³/mol. The Balaban J connectivity index is 1.98. The van der Waals surface area contributed by atoms with Crippen LogP contribution in [0.4, 0.5) is 4.79 Å². The second kappa shape index (κ2) is 4.99. The van der Waals surface area contributed by atoms with Crippen LogP contribution < -0.4 is 0 Å². The van der Waals surface area contributed by atoms with Crippen molar-refractivity contribution in [2.45, 2.75) is 25.3 Å². The molecule has 1 aromatic carbocycles. The highest BCUT2D eigenvalue weighted by atomic mass is 16.4. The minimum atomic E-state index is -0.992. The Labute approximate surface area is 99.9 Å². The van der Waals surface area contributed by atoms with Gasteiger partial charge < -0.3 is 5.11 Å². The molecule has 0 bridgehead atoms. The van der Waals surface area contributed by atoms with Crippen molar-refractivity contribution < 1.29 is 14.7 Å². The van der Waals surface area contributed by atoms with E-state index in [2.05, 4.69) is 0 Å². The van der Waals surface area contributed by atoms with E-state index in [-0.39, 0.29) is 5.78 Å². The summed E-state index contributed by atoms with van der Waals surface area (Å²) < 4.78 is 0. The quantitative estimate of drug-likeness (QED) is 0.868. The number of amides is 1. The van der Waals surface area contributed by atoms with Gasteiger partial charge in [-0.1, -0.05) is 30.3 Å². The Kier molecular flexibility index (Phi) is 3.42. The van der Waals surface area contributed by atoms with Gasteiger partial charge in [0.25, 0.3) is 0 Å². The standard InChI is InChI=1S/C13H15NO3/c15-12-8-9-14(13(16)17)11(12)7-6-10-4-2-1-3-5-10/h1-5,11H,6-9H2,(H,16,17)/t11-/m0/s1. The highest BCUT2D eigenvalue weighted by Gasteiger charge is 2.34. The Morgan fingerprint density at radius 2 is 2.06 bits per heavy atom. The molecule has 2 rings (SSSR count). The van der Waals surface area contributed by atoms with Crippen LogP contribution in [0, 0.1) is 0 Å². The maximum absolute atomic E-state index is 11.6. The third-order valence-electron chi connectivity index (χ3n) is 3.14. The lowest BCUT2D eigenvalue weighted by Crippen LogP contribution is -2.37. The molecule has 17 heavy (non-hydrogen) atoms. The van der Waals surface area contributed by atoms with Gasteiger partial charge in [0, 0.05) is 13.0 Å². The summed E-state index contributed by atoms with van der Waals surface area (Å²) in [5.41, 5.74) is 1.14. The molecule has 1 aliphatic heterocycles. The van der Waals surface area contributed by atoms with Crippen molar-refractivity contribution in [1.29, 1.82) is 0 Å². The Bertz CT molecular complexity index is 416. The molecular formula is C13H15NO3. The summed E-state index contributed by atoms with van der Waals surface area (Å²) >= 11 is 0. The van der Waals surface area contributed by atoms with Crippen LogP contribution in [0.25, 0.3) is 0 Å². The van der Waals surface area contributed by atoms with Crippen molar-refractivity contribution in [3.8, 4) is 0 Å². The molecule has 0 unspecified atom stereocenters. The molecule has 1 aliphatic rings. The zero-order valence-electron chi connectivity index (χ0n) is 9.50. The van der Waals surface area contributed by atoms with Crippen LogP contribution in [0.3, 0.4) is 0 Å². The van der Waals surface area contributed by atoms with Crippen LogP contribution in [0.15, 0.2) is 30.3 Å². The number of Topliss-reactive ketones (excluding diaryl/α,β-unsaturated/α-hetero) is 1. The number of likely N-dealkylation sites (tertiary alicyclic amines) is 1. The fourth-order valence-electron chi connectivity index (χ4n) is 2.22. The van der Waals surface area contributed by atoms with Gasteiger partial charge in [-0.3, -0.25) is 9.69 Å². The topological polar surface area (TPSA) is 57.6 Å². The van der Waals surface area contributed by atoms with Crippen molar-refractivity contribution in [2.24, 2.45) is 0 Å². The summed E-state index contributed by atoms with van der Waals surface area (Å²) in [7, 11) is 0. The number of aryl methyl sites for hydroxylation is 1. The Morgan fingerprint density at radius 3 is 2.71 bits per heavy atom. The fourth-order valence-corrected chi connectivity index (χ4v) is 2.22. The molecule has 1 amide bonds. The lowest BCUT2D eigenvalue weighted by atomic mass is 10.0. The second-order valence-electron chi connectivity index (χ2n) is 4.23. The summed E-state index contributed by atoms with van der Waals surface area (Å²) in [6.07, 6.45) is 0.677. The van der Waals surface area contributed by atoms with E-state index in [1.807, 2.05) is 30.3 Å². The van der Waals surface area contributed by atoms with E-state index in [0.29, 0.717) is 19.4 Å². The molecule has 1 atom stereocenters. The lowest BCUT2D eigenvalue weighted by Gasteiger charge is -2.19. The molecule has 0 spiro atoms. The van der Waals surface area contributed by atoms with Crippen LogP contribution >= 0.6 is 0 Å². The van der Waals surface area contributed by atoms with Crippen LogP contribution in [0.2, 0.25) is 0 Å². The van der Waals surface area contributed by atoms with Gasteiger partial charge in [-0.2, -0.15) is 0 Å². The van der Waals surface area contributed by atoms with Gasteiger partial charge in [-0.05, 0) is 18.4 Å². The smallest absolute Gasteiger partial charge is 0.407 e. The first-order chi connectivity index (χ1) is 8.18. The van der Waals surface area contributed by atoms with E-state index >= 15 is 0 Å². The third-order valence-corrected chi connectivity index (χ3v) is 3.14. The van der Waals surface area contributed by atoms with Gasteiger partial charge >= 0.3 is 6.09 Å². The summed E-state index contributed by atoms with van der Waals surface area (Å²) in [4.78, 5) is 23.8. The molecule has 4 nitrogen and oxygen atoms in total. The Hall–Kier alpha value is -1.84. The molecule has 0 radical (unpaired) electrons. The number of nitrogens with zero attached hydrogens (tertiary/aromatic N) is 1. The van der Waals surface area contributed by atoms with Crippen molar-refractivity contribution in [3.05, 3.63) is 35.9 Å². The molecule has 1 saturated heterocycles. The first-order valence-corrected chi connectivity index (χ1v) is 5.74. The molecule has 1 fully saturated rings. The van der Waals surface area contributed by atoms with E-state index in [1.54, 1.807) is 0 Å². The van der Waals surface area contributed by atoms with Crippen molar-refractivity contribution in [3.63, 3.8) is 0 Å². The van der Waals surface area contributed by atoms with Crippen LogP contribution in [-0.4, -0.2) is 34.5 Å². The van der Waals surface area contributed by atoms with Gasteiger partial charge in [-0.25, -0.2) is 4.79 Å². The molecule has 4 heteroatoms. The molecule has 1 heterocycles. The van der Waals surface area contributed by atoms with E-state index in [9.17, 15) is 9.59 Å². The number of carboxylic acid groups (broad SMARTS) is 1. The van der Waals surface area contributed by atoms with Gasteiger partial charge in [0.15, 0.2) is 5.78 Å². The highest BCUT2D eigenvalue weighted by molar-refractivity contribution is 5.90. The fraction of sp³-hybridized carbons (Fsp3) is 0.385. The third kappa shape index (κ3) is 2.64. The van der Waals surface area contributed by atoms with Gasteiger partial charge in [0.05, 0.1) is 6.04 Å². The minimum absolute atomic E-state index is 0.0448. The number of rotatable bonds is 3. The highest BCUT2D eigenvalue weighted by Crippen LogP contribution is 2.19. The summed E-state index contributed by atoms with van der Waals surface area (Å²) in [5, 5.41) is 8.97. The number of hydrogen-bond donors (Lipinski definition) is 1. The zero-order valence-corrected chi connectivity index (χ0v) is 9.50. The van der Waals surface area contributed by atoms with E-state index < -0.39 is 12.1 Å². The maximum Gasteiger partial charge on any atom is 0.407 e. The zero-order chi connectivity index (χ0) is 12.3. The average molecular weight is 233 g/mol. The number of carbonyl (C=O) groups is 2. The second-order valence-corrected chi connectivity index (χ2v) is 4.23. The van der Waals surface area contributed by atoms with E-state index in [0.717, 1.165) is 12.0 Å². The van der Waals surface area contributed by atoms with Crippen molar-refractivity contribution >= 4 is 11.9 Å². The van der Waals surface area contributed by atoms with Crippen molar-refractivity contribution in [1.82, 2.24) is 4.90 Å². The largest absolute Gasteiger partial charge is 0.465 e. The van der Waals surface area contributed by atoms with E-state index in [1.165, 1.54) is 4.90 Å². The summed E-state index contributed by atoms with van der Waals surface area (Å²) in [6.45, 7) is 0.341. The predicted octanol–water partition coefficient (Wildman–Crippen LogP) is 1.94. The number of benzene rings is 1. The number of ketones is 1. The first-order valence-electron chi connectivity index (χ1n) is 5.74. The molecule has 0 aromatic heterocycles. The number of hydrogen-bond acceptors (Lipinski definition) is 2. The van der Waals surface area contributed by atoms with Crippen LogP contribution in [0.1, 0.15) is 18.4 Å².